The maximum Gasteiger partial charge on any atom is 0.307 e. The molecule has 24 heavy (non-hydrogen) atoms. The van der Waals surface area contributed by atoms with Gasteiger partial charge in [-0.25, -0.2) is 0 Å². The van der Waals surface area contributed by atoms with E-state index in [1.54, 1.807) is 11.8 Å². The van der Waals surface area contributed by atoms with Gasteiger partial charge in [-0.05, 0) is 39.1 Å². The highest BCUT2D eigenvalue weighted by atomic mass is 16.5. The van der Waals surface area contributed by atoms with Crippen molar-refractivity contribution < 1.29 is 14.3 Å². The fourth-order valence-electron chi connectivity index (χ4n) is 2.54. The first-order chi connectivity index (χ1) is 11.5. The quantitative estimate of drug-likeness (QED) is 0.617. The number of hydrogen-bond acceptors (Lipinski definition) is 4. The first kappa shape index (κ1) is 20.2. The summed E-state index contributed by atoms with van der Waals surface area (Å²) < 4.78 is 4.98. The molecule has 1 aromatic carbocycles. The molecular formula is C19H30N2O3. The standard InChI is InChI=1S/C19H30N2O3/c1-5-20(6-2)13-14-21(12-11-18(22)24-7-3)19(23)17-10-8-9-16(4)15-17/h8-10,15H,5-7,11-14H2,1-4H3. The van der Waals surface area contributed by atoms with Gasteiger partial charge >= 0.3 is 5.97 Å². The number of aryl methyl sites for hydroxylation is 1. The van der Waals surface area contributed by atoms with Crippen LogP contribution in [-0.4, -0.2) is 61.0 Å². The van der Waals surface area contributed by atoms with Crippen LogP contribution in [0.25, 0.3) is 0 Å². The van der Waals surface area contributed by atoms with E-state index in [0.29, 0.717) is 25.3 Å². The monoisotopic (exact) mass is 334 g/mol. The molecule has 0 saturated carbocycles. The summed E-state index contributed by atoms with van der Waals surface area (Å²) in [5, 5.41) is 0. The summed E-state index contributed by atoms with van der Waals surface area (Å²) in [6.45, 7) is 12.0. The van der Waals surface area contributed by atoms with E-state index >= 15 is 0 Å². The van der Waals surface area contributed by atoms with Crippen molar-refractivity contribution in [3.63, 3.8) is 0 Å². The Labute approximate surface area is 145 Å². The Morgan fingerprint density at radius 1 is 1.04 bits per heavy atom. The Bertz CT molecular complexity index is 527. The van der Waals surface area contributed by atoms with E-state index in [1.165, 1.54) is 0 Å². The Morgan fingerprint density at radius 3 is 2.33 bits per heavy atom. The van der Waals surface area contributed by atoms with Gasteiger partial charge in [0.1, 0.15) is 0 Å². The Morgan fingerprint density at radius 2 is 1.75 bits per heavy atom. The maximum atomic E-state index is 12.8. The molecule has 0 aliphatic heterocycles. The summed E-state index contributed by atoms with van der Waals surface area (Å²) in [5.41, 5.74) is 1.72. The van der Waals surface area contributed by atoms with Gasteiger partial charge in [-0.2, -0.15) is 0 Å². The van der Waals surface area contributed by atoms with Crippen LogP contribution in [0.15, 0.2) is 24.3 Å². The van der Waals surface area contributed by atoms with Crippen LogP contribution >= 0.6 is 0 Å². The first-order valence-corrected chi connectivity index (χ1v) is 8.75. The first-order valence-electron chi connectivity index (χ1n) is 8.75. The number of ether oxygens (including phenoxy) is 1. The molecule has 0 atom stereocenters. The Balaban J connectivity index is 2.78. The number of benzene rings is 1. The Hall–Kier alpha value is -1.88. The lowest BCUT2D eigenvalue weighted by Gasteiger charge is -2.26. The average Bonchev–Trinajstić information content (AvgIpc) is 2.58. The number of likely N-dealkylation sites (N-methyl/N-ethyl adjacent to an activating group) is 1. The molecule has 5 heteroatoms. The molecule has 0 aliphatic carbocycles. The second-order valence-corrected chi connectivity index (χ2v) is 5.74. The molecular weight excluding hydrogens is 304 g/mol. The highest BCUT2D eigenvalue weighted by Crippen LogP contribution is 2.09. The number of rotatable bonds is 10. The van der Waals surface area contributed by atoms with Gasteiger partial charge in [-0.1, -0.05) is 31.5 Å². The Kier molecular flexibility index (Phi) is 9.08. The van der Waals surface area contributed by atoms with Gasteiger partial charge in [-0.15, -0.1) is 0 Å². The highest BCUT2D eigenvalue weighted by molar-refractivity contribution is 5.94. The molecule has 5 nitrogen and oxygen atoms in total. The highest BCUT2D eigenvalue weighted by Gasteiger charge is 2.18. The molecule has 0 spiro atoms. The summed E-state index contributed by atoms with van der Waals surface area (Å²) >= 11 is 0. The molecule has 0 aliphatic rings. The van der Waals surface area contributed by atoms with E-state index < -0.39 is 0 Å². The van der Waals surface area contributed by atoms with Crippen LogP contribution in [0.4, 0.5) is 0 Å². The molecule has 0 heterocycles. The van der Waals surface area contributed by atoms with Crippen LogP contribution in [0, 0.1) is 6.92 Å². The van der Waals surface area contributed by atoms with Crippen molar-refractivity contribution >= 4 is 11.9 Å². The lowest BCUT2D eigenvalue weighted by molar-refractivity contribution is -0.143. The van der Waals surface area contributed by atoms with Crippen LogP contribution in [0.1, 0.15) is 43.1 Å². The normalized spacial score (nSPS) is 10.7. The van der Waals surface area contributed by atoms with Gasteiger partial charge in [-0.3, -0.25) is 9.59 Å². The molecule has 0 bridgehead atoms. The zero-order chi connectivity index (χ0) is 17.9. The number of carbonyl (C=O) groups is 2. The van der Waals surface area contributed by atoms with Gasteiger partial charge in [0.05, 0.1) is 13.0 Å². The topological polar surface area (TPSA) is 49.9 Å². The predicted molar refractivity (Wildman–Crippen MR) is 96.1 cm³/mol. The lowest BCUT2D eigenvalue weighted by Crippen LogP contribution is -2.40. The maximum absolute atomic E-state index is 12.8. The van der Waals surface area contributed by atoms with E-state index in [1.807, 2.05) is 31.2 Å². The SMILES string of the molecule is CCOC(=O)CCN(CCN(CC)CC)C(=O)c1cccc(C)c1. The fraction of sp³-hybridized carbons (Fsp3) is 0.579. The van der Waals surface area contributed by atoms with Crippen molar-refractivity contribution in [3.05, 3.63) is 35.4 Å². The summed E-state index contributed by atoms with van der Waals surface area (Å²) in [4.78, 5) is 28.5. The van der Waals surface area contributed by atoms with E-state index in [-0.39, 0.29) is 18.3 Å². The molecule has 134 valence electrons. The van der Waals surface area contributed by atoms with Crippen molar-refractivity contribution in [1.82, 2.24) is 9.80 Å². The molecule has 0 radical (unpaired) electrons. The summed E-state index contributed by atoms with van der Waals surface area (Å²) in [6.07, 6.45) is 0.226. The third-order valence-electron chi connectivity index (χ3n) is 4.02. The number of esters is 1. The molecule has 0 unspecified atom stereocenters. The third-order valence-corrected chi connectivity index (χ3v) is 4.02. The van der Waals surface area contributed by atoms with Crippen molar-refractivity contribution in [3.8, 4) is 0 Å². The molecule has 0 saturated heterocycles. The number of carbonyl (C=O) groups excluding carboxylic acids is 2. The van der Waals surface area contributed by atoms with Gasteiger partial charge in [0.2, 0.25) is 0 Å². The zero-order valence-corrected chi connectivity index (χ0v) is 15.4. The number of nitrogens with zero attached hydrogens (tertiary/aromatic N) is 2. The largest absolute Gasteiger partial charge is 0.466 e. The van der Waals surface area contributed by atoms with Crippen LogP contribution in [0.5, 0.6) is 0 Å². The average molecular weight is 334 g/mol. The van der Waals surface area contributed by atoms with Gasteiger partial charge in [0.25, 0.3) is 5.91 Å². The fourth-order valence-corrected chi connectivity index (χ4v) is 2.54. The van der Waals surface area contributed by atoms with Crippen LogP contribution in [0.3, 0.4) is 0 Å². The second kappa shape index (κ2) is 10.8. The lowest BCUT2D eigenvalue weighted by atomic mass is 10.1. The van der Waals surface area contributed by atoms with E-state index in [4.69, 9.17) is 4.74 Å². The molecule has 1 amide bonds. The molecule has 0 N–H and O–H groups in total. The van der Waals surface area contributed by atoms with Crippen LogP contribution in [-0.2, 0) is 9.53 Å². The predicted octanol–water partition coefficient (Wildman–Crippen LogP) is 2.73. The summed E-state index contributed by atoms with van der Waals surface area (Å²) in [5.74, 6) is -0.294. The second-order valence-electron chi connectivity index (χ2n) is 5.74. The van der Waals surface area contributed by atoms with Crippen molar-refractivity contribution in [2.45, 2.75) is 34.1 Å². The van der Waals surface area contributed by atoms with E-state index in [9.17, 15) is 9.59 Å². The minimum atomic E-state index is -0.262. The minimum Gasteiger partial charge on any atom is -0.466 e. The summed E-state index contributed by atoms with van der Waals surface area (Å²) in [6, 6.07) is 7.56. The molecule has 1 aromatic rings. The van der Waals surface area contributed by atoms with Crippen molar-refractivity contribution in [2.75, 3.05) is 39.3 Å². The number of hydrogen-bond donors (Lipinski definition) is 0. The molecule has 1 rings (SSSR count). The van der Waals surface area contributed by atoms with E-state index in [0.717, 1.165) is 25.2 Å². The van der Waals surface area contributed by atoms with Crippen molar-refractivity contribution in [2.24, 2.45) is 0 Å². The smallest absolute Gasteiger partial charge is 0.307 e. The zero-order valence-electron chi connectivity index (χ0n) is 15.4. The number of amides is 1. The molecule has 0 fully saturated rings. The molecule has 0 aromatic heterocycles. The van der Waals surface area contributed by atoms with Crippen LogP contribution < -0.4 is 0 Å². The van der Waals surface area contributed by atoms with Gasteiger partial charge in [0, 0.05) is 25.2 Å². The van der Waals surface area contributed by atoms with Gasteiger partial charge in [0.15, 0.2) is 0 Å². The van der Waals surface area contributed by atoms with Crippen molar-refractivity contribution in [1.29, 1.82) is 0 Å². The van der Waals surface area contributed by atoms with E-state index in [2.05, 4.69) is 18.7 Å². The summed E-state index contributed by atoms with van der Waals surface area (Å²) in [7, 11) is 0. The van der Waals surface area contributed by atoms with Crippen LogP contribution in [0.2, 0.25) is 0 Å². The minimum absolute atomic E-state index is 0.0323. The van der Waals surface area contributed by atoms with Gasteiger partial charge < -0.3 is 14.5 Å². The third kappa shape index (κ3) is 6.71.